The molecule has 1 aromatic heterocycles. The summed E-state index contributed by atoms with van der Waals surface area (Å²) in [5.74, 6) is -4.89. The molecular formula is C9H11F2N3O2. The molecule has 1 aliphatic carbocycles. The largest absolute Gasteiger partial charge is 0.396 e. The number of halogens is 2. The molecule has 88 valence electrons. The van der Waals surface area contributed by atoms with Gasteiger partial charge in [-0.3, -0.25) is 4.57 Å². The Balaban J connectivity index is 2.15. The van der Waals surface area contributed by atoms with Crippen molar-refractivity contribution in [2.75, 3.05) is 12.3 Å². The van der Waals surface area contributed by atoms with Crippen LogP contribution < -0.4 is 11.4 Å². The lowest BCUT2D eigenvalue weighted by atomic mass is 10.3. The maximum atomic E-state index is 13.0. The summed E-state index contributed by atoms with van der Waals surface area (Å²) in [6, 6.07) is 1.37. The lowest BCUT2D eigenvalue weighted by Gasteiger charge is -2.03. The molecule has 0 radical (unpaired) electrons. The molecule has 7 heteroatoms. The van der Waals surface area contributed by atoms with E-state index in [9.17, 15) is 13.6 Å². The average Bonchev–Trinajstić information content (AvgIpc) is 2.72. The number of anilines is 1. The second-order valence-corrected chi connectivity index (χ2v) is 3.86. The Labute approximate surface area is 89.5 Å². The Morgan fingerprint density at radius 2 is 2.25 bits per heavy atom. The van der Waals surface area contributed by atoms with Crippen LogP contribution >= 0.6 is 0 Å². The normalized spacial score (nSPS) is 26.7. The van der Waals surface area contributed by atoms with Gasteiger partial charge in [-0.2, -0.15) is 4.98 Å². The molecule has 1 heterocycles. The van der Waals surface area contributed by atoms with Crippen molar-refractivity contribution in [3.05, 3.63) is 22.7 Å². The van der Waals surface area contributed by atoms with Crippen molar-refractivity contribution < 1.29 is 13.9 Å². The van der Waals surface area contributed by atoms with Gasteiger partial charge in [0.1, 0.15) is 5.82 Å². The topological polar surface area (TPSA) is 81.1 Å². The molecule has 0 bridgehead atoms. The molecule has 5 nitrogen and oxygen atoms in total. The summed E-state index contributed by atoms with van der Waals surface area (Å²) in [5, 5.41) is 8.70. The number of rotatable bonds is 3. The lowest BCUT2D eigenvalue weighted by molar-refractivity contribution is 0.0701. The fraction of sp³-hybridized carbons (Fsp3) is 0.556. The lowest BCUT2D eigenvalue weighted by Crippen LogP contribution is -2.24. The first-order chi connectivity index (χ1) is 7.46. The second kappa shape index (κ2) is 3.51. The molecule has 1 aliphatic rings. The summed E-state index contributed by atoms with van der Waals surface area (Å²) in [7, 11) is 0. The third-order valence-electron chi connectivity index (χ3n) is 2.85. The Morgan fingerprint density at radius 1 is 1.56 bits per heavy atom. The maximum absolute atomic E-state index is 13.0. The van der Waals surface area contributed by atoms with Gasteiger partial charge in [-0.25, -0.2) is 13.6 Å². The van der Waals surface area contributed by atoms with Crippen LogP contribution in [-0.2, 0) is 6.54 Å². The second-order valence-electron chi connectivity index (χ2n) is 3.86. The zero-order valence-corrected chi connectivity index (χ0v) is 8.31. The monoisotopic (exact) mass is 231 g/mol. The number of alkyl halides is 2. The van der Waals surface area contributed by atoms with E-state index in [0.717, 1.165) is 4.57 Å². The van der Waals surface area contributed by atoms with Gasteiger partial charge in [-0.1, -0.05) is 0 Å². The van der Waals surface area contributed by atoms with E-state index >= 15 is 0 Å². The number of aliphatic hydroxyl groups is 1. The Hall–Kier alpha value is -1.50. The van der Waals surface area contributed by atoms with Gasteiger partial charge >= 0.3 is 5.69 Å². The third kappa shape index (κ3) is 1.67. The summed E-state index contributed by atoms with van der Waals surface area (Å²) < 4.78 is 27.1. The number of aliphatic hydroxyl groups excluding tert-OH is 1. The van der Waals surface area contributed by atoms with E-state index in [0.29, 0.717) is 0 Å². The zero-order valence-electron chi connectivity index (χ0n) is 8.31. The molecule has 0 aliphatic heterocycles. The van der Waals surface area contributed by atoms with E-state index < -0.39 is 30.1 Å². The van der Waals surface area contributed by atoms with Gasteiger partial charge in [-0.15, -0.1) is 0 Å². The van der Waals surface area contributed by atoms with Gasteiger partial charge in [0.2, 0.25) is 0 Å². The first kappa shape index (κ1) is 11.0. The van der Waals surface area contributed by atoms with Gasteiger partial charge in [0.25, 0.3) is 5.92 Å². The van der Waals surface area contributed by atoms with Gasteiger partial charge in [0, 0.05) is 12.7 Å². The molecule has 1 aromatic rings. The van der Waals surface area contributed by atoms with Crippen molar-refractivity contribution in [3.63, 3.8) is 0 Å². The standard InChI is InChI=1S/C9H11F2N3O2/c10-9(11)5(6(9)4-15)3-14-2-1-7(12)13-8(14)16/h1-2,5-6,15H,3-4H2,(H2,12,13,16)/t5-,6+/m0/s1. The molecule has 0 unspecified atom stereocenters. The van der Waals surface area contributed by atoms with Gasteiger partial charge in [0.15, 0.2) is 0 Å². The molecule has 2 atom stereocenters. The first-order valence-electron chi connectivity index (χ1n) is 4.78. The Kier molecular flexibility index (Phi) is 2.42. The van der Waals surface area contributed by atoms with E-state index in [1.54, 1.807) is 0 Å². The number of nitrogens with zero attached hydrogens (tertiary/aromatic N) is 2. The first-order valence-corrected chi connectivity index (χ1v) is 4.78. The van der Waals surface area contributed by atoms with Crippen molar-refractivity contribution in [2.45, 2.75) is 12.5 Å². The highest BCUT2D eigenvalue weighted by atomic mass is 19.3. The van der Waals surface area contributed by atoms with Crippen LogP contribution in [0.5, 0.6) is 0 Å². The van der Waals surface area contributed by atoms with Crippen LogP contribution in [0, 0.1) is 11.8 Å². The minimum absolute atomic E-state index is 0.0579. The van der Waals surface area contributed by atoms with E-state index in [1.165, 1.54) is 12.3 Å². The average molecular weight is 231 g/mol. The number of aromatic nitrogens is 2. The highest BCUT2D eigenvalue weighted by Crippen LogP contribution is 2.55. The van der Waals surface area contributed by atoms with Gasteiger partial charge in [0.05, 0.1) is 18.4 Å². The maximum Gasteiger partial charge on any atom is 0.349 e. The fourth-order valence-electron chi connectivity index (χ4n) is 1.75. The van der Waals surface area contributed by atoms with Gasteiger partial charge < -0.3 is 10.8 Å². The van der Waals surface area contributed by atoms with Crippen molar-refractivity contribution >= 4 is 5.82 Å². The molecule has 1 fully saturated rings. The summed E-state index contributed by atoms with van der Waals surface area (Å²) in [6.07, 6.45) is 1.33. The molecule has 3 N–H and O–H groups in total. The summed E-state index contributed by atoms with van der Waals surface area (Å²) in [4.78, 5) is 14.7. The molecule has 0 amide bonds. The van der Waals surface area contributed by atoms with Crippen LogP contribution in [0.4, 0.5) is 14.6 Å². The highest BCUT2D eigenvalue weighted by molar-refractivity contribution is 5.23. The Bertz CT molecular complexity index is 460. The van der Waals surface area contributed by atoms with Crippen LogP contribution in [0.25, 0.3) is 0 Å². The van der Waals surface area contributed by atoms with Crippen LogP contribution in [0.15, 0.2) is 17.1 Å². The summed E-state index contributed by atoms with van der Waals surface area (Å²) >= 11 is 0. The van der Waals surface area contributed by atoms with Crippen LogP contribution in [-0.4, -0.2) is 27.2 Å². The van der Waals surface area contributed by atoms with Crippen LogP contribution in [0.1, 0.15) is 0 Å². The van der Waals surface area contributed by atoms with Crippen molar-refractivity contribution in [1.29, 1.82) is 0 Å². The predicted molar refractivity (Wildman–Crippen MR) is 51.9 cm³/mol. The van der Waals surface area contributed by atoms with E-state index in [4.69, 9.17) is 10.8 Å². The predicted octanol–water partition coefficient (Wildman–Crippen LogP) is -0.301. The van der Waals surface area contributed by atoms with Crippen molar-refractivity contribution in [1.82, 2.24) is 9.55 Å². The SMILES string of the molecule is Nc1ccn(C[C@H]2[C@@H](CO)C2(F)F)c(=O)n1. The number of hydrogen-bond acceptors (Lipinski definition) is 4. The van der Waals surface area contributed by atoms with Gasteiger partial charge in [-0.05, 0) is 6.07 Å². The quantitative estimate of drug-likeness (QED) is 0.748. The van der Waals surface area contributed by atoms with Crippen LogP contribution in [0.2, 0.25) is 0 Å². The number of hydrogen-bond donors (Lipinski definition) is 2. The van der Waals surface area contributed by atoms with Crippen molar-refractivity contribution in [2.24, 2.45) is 11.8 Å². The fourth-order valence-corrected chi connectivity index (χ4v) is 1.75. The molecule has 0 aromatic carbocycles. The molecular weight excluding hydrogens is 220 g/mol. The van der Waals surface area contributed by atoms with E-state index in [-0.39, 0.29) is 12.4 Å². The third-order valence-corrected chi connectivity index (χ3v) is 2.85. The highest BCUT2D eigenvalue weighted by Gasteiger charge is 2.67. The molecule has 2 rings (SSSR count). The van der Waals surface area contributed by atoms with Crippen LogP contribution in [0.3, 0.4) is 0 Å². The number of nitrogens with two attached hydrogens (primary N) is 1. The summed E-state index contributed by atoms with van der Waals surface area (Å²) in [6.45, 7) is -0.723. The zero-order chi connectivity index (χ0) is 11.9. The van der Waals surface area contributed by atoms with Crippen molar-refractivity contribution in [3.8, 4) is 0 Å². The molecule has 0 saturated heterocycles. The number of nitrogen functional groups attached to an aromatic ring is 1. The smallest absolute Gasteiger partial charge is 0.349 e. The molecule has 16 heavy (non-hydrogen) atoms. The molecule has 1 saturated carbocycles. The minimum atomic E-state index is -2.89. The molecule has 0 spiro atoms. The Morgan fingerprint density at radius 3 is 2.75 bits per heavy atom. The van der Waals surface area contributed by atoms with E-state index in [1.807, 2.05) is 0 Å². The summed E-state index contributed by atoms with van der Waals surface area (Å²) in [5.41, 5.74) is 4.61. The van der Waals surface area contributed by atoms with E-state index in [2.05, 4.69) is 4.98 Å². The minimum Gasteiger partial charge on any atom is -0.396 e.